The van der Waals surface area contributed by atoms with E-state index >= 15 is 0 Å². The number of nitro groups is 1. The van der Waals surface area contributed by atoms with Crippen LogP contribution >= 0.6 is 11.6 Å². The lowest BCUT2D eigenvalue weighted by Crippen LogP contribution is -2.36. The van der Waals surface area contributed by atoms with Gasteiger partial charge >= 0.3 is 0 Å². The number of nitro benzene ring substituents is 1. The molecule has 0 bridgehead atoms. The van der Waals surface area contributed by atoms with E-state index in [0.717, 1.165) is 11.1 Å². The first-order chi connectivity index (χ1) is 16.9. The summed E-state index contributed by atoms with van der Waals surface area (Å²) in [6.07, 6.45) is 0. The molecule has 1 aliphatic rings. The number of carbonyl (C=O) groups excluding carboxylic acids is 1. The molecule has 9 nitrogen and oxygen atoms in total. The molecule has 1 N–H and O–H groups in total. The van der Waals surface area contributed by atoms with Crippen LogP contribution in [0.25, 0.3) is 22.6 Å². The standard InChI is InChI=1S/C25H21ClN4O5/c1-15-2-3-17(12-19(15)26)25-28-20-14-18(5-7-23(20)35-25)27-24(31)16-4-6-21(22(13-16)30(32)33)29-8-10-34-11-9-29/h2-7,12-14H,8-11H2,1H3,(H,27,31). The second-order valence-electron chi connectivity index (χ2n) is 8.18. The SMILES string of the molecule is Cc1ccc(-c2nc3cc(NC(=O)c4ccc(N5CCOCC5)c([N+](=O)[O-])c4)ccc3o2)cc1Cl. The molecule has 5 rings (SSSR count). The molecule has 1 fully saturated rings. The summed E-state index contributed by atoms with van der Waals surface area (Å²) >= 11 is 6.22. The summed E-state index contributed by atoms with van der Waals surface area (Å²) in [6.45, 7) is 4.03. The second-order valence-corrected chi connectivity index (χ2v) is 8.59. The number of halogens is 1. The molecule has 0 saturated carbocycles. The predicted molar refractivity (Wildman–Crippen MR) is 133 cm³/mol. The van der Waals surface area contributed by atoms with E-state index in [1.54, 1.807) is 36.4 Å². The Bertz CT molecular complexity index is 1450. The number of amides is 1. The maximum Gasteiger partial charge on any atom is 0.293 e. The number of nitrogens with one attached hydrogen (secondary N) is 1. The number of morpholine rings is 1. The van der Waals surface area contributed by atoms with E-state index in [2.05, 4.69) is 10.3 Å². The molecular weight excluding hydrogens is 472 g/mol. The monoisotopic (exact) mass is 492 g/mol. The van der Waals surface area contributed by atoms with Gasteiger partial charge in [0, 0.05) is 41.0 Å². The van der Waals surface area contributed by atoms with Crippen LogP contribution in [0.2, 0.25) is 5.02 Å². The summed E-state index contributed by atoms with van der Waals surface area (Å²) in [6, 6.07) is 15.1. The lowest BCUT2D eigenvalue weighted by Gasteiger charge is -2.28. The summed E-state index contributed by atoms with van der Waals surface area (Å²) < 4.78 is 11.2. The lowest BCUT2D eigenvalue weighted by molar-refractivity contribution is -0.384. The first kappa shape index (κ1) is 22.8. The van der Waals surface area contributed by atoms with Crippen LogP contribution in [0.1, 0.15) is 15.9 Å². The zero-order valence-corrected chi connectivity index (χ0v) is 19.5. The van der Waals surface area contributed by atoms with Crippen molar-refractivity contribution in [1.82, 2.24) is 4.98 Å². The van der Waals surface area contributed by atoms with Crippen molar-refractivity contribution in [2.45, 2.75) is 6.92 Å². The van der Waals surface area contributed by atoms with Gasteiger partial charge in [0.15, 0.2) is 5.58 Å². The topological polar surface area (TPSA) is 111 Å². The average Bonchev–Trinajstić information content (AvgIpc) is 3.29. The predicted octanol–water partition coefficient (Wildman–Crippen LogP) is 5.45. The summed E-state index contributed by atoms with van der Waals surface area (Å²) in [5, 5.41) is 15.1. The number of rotatable bonds is 5. The fourth-order valence-corrected chi connectivity index (χ4v) is 4.12. The van der Waals surface area contributed by atoms with E-state index in [9.17, 15) is 14.9 Å². The zero-order valence-electron chi connectivity index (χ0n) is 18.8. The Balaban J connectivity index is 1.38. The van der Waals surface area contributed by atoms with Crippen LogP contribution in [0.15, 0.2) is 59.0 Å². The van der Waals surface area contributed by atoms with Gasteiger partial charge in [-0.25, -0.2) is 4.98 Å². The number of nitrogens with zero attached hydrogens (tertiary/aromatic N) is 3. The third-order valence-electron chi connectivity index (χ3n) is 5.85. The van der Waals surface area contributed by atoms with E-state index in [-0.39, 0.29) is 11.3 Å². The highest BCUT2D eigenvalue weighted by Gasteiger charge is 2.23. The molecule has 4 aromatic rings. The summed E-state index contributed by atoms with van der Waals surface area (Å²) in [4.78, 5) is 30.5. The molecule has 35 heavy (non-hydrogen) atoms. The normalized spacial score (nSPS) is 13.7. The van der Waals surface area contributed by atoms with Crippen LogP contribution in [0, 0.1) is 17.0 Å². The maximum absolute atomic E-state index is 12.9. The average molecular weight is 493 g/mol. The molecule has 178 valence electrons. The van der Waals surface area contributed by atoms with Gasteiger partial charge in [-0.3, -0.25) is 14.9 Å². The van der Waals surface area contributed by atoms with Gasteiger partial charge in [-0.2, -0.15) is 0 Å². The van der Waals surface area contributed by atoms with E-state index in [1.165, 1.54) is 6.07 Å². The number of anilines is 2. The molecule has 1 aromatic heterocycles. The largest absolute Gasteiger partial charge is 0.436 e. The van der Waals surface area contributed by atoms with Crippen molar-refractivity contribution in [2.75, 3.05) is 36.5 Å². The Morgan fingerprint density at radius 1 is 1.11 bits per heavy atom. The Morgan fingerprint density at radius 2 is 1.91 bits per heavy atom. The quantitative estimate of drug-likeness (QED) is 0.291. The van der Waals surface area contributed by atoms with Gasteiger partial charge in [0.25, 0.3) is 11.6 Å². The lowest BCUT2D eigenvalue weighted by atomic mass is 10.1. The number of benzene rings is 3. The van der Waals surface area contributed by atoms with Gasteiger partial charge in [0.2, 0.25) is 5.89 Å². The molecule has 0 spiro atoms. The van der Waals surface area contributed by atoms with Crippen LogP contribution in [0.4, 0.5) is 17.1 Å². The minimum Gasteiger partial charge on any atom is -0.436 e. The summed E-state index contributed by atoms with van der Waals surface area (Å²) in [5.74, 6) is -0.0466. The number of hydrogen-bond acceptors (Lipinski definition) is 7. The van der Waals surface area contributed by atoms with E-state index in [1.807, 2.05) is 24.0 Å². The molecule has 3 aromatic carbocycles. The molecule has 1 amide bonds. The fraction of sp³-hybridized carbons (Fsp3) is 0.200. The minimum atomic E-state index is -0.470. The number of ether oxygens (including phenoxy) is 1. The maximum atomic E-state index is 12.9. The molecule has 0 radical (unpaired) electrons. The number of aryl methyl sites for hydroxylation is 1. The Hall–Kier alpha value is -3.95. The van der Waals surface area contributed by atoms with Crippen LogP contribution in [-0.4, -0.2) is 42.1 Å². The number of carbonyl (C=O) groups is 1. The molecule has 0 unspecified atom stereocenters. The first-order valence-electron chi connectivity index (χ1n) is 11.0. The molecule has 0 atom stereocenters. The van der Waals surface area contributed by atoms with Crippen molar-refractivity contribution in [3.63, 3.8) is 0 Å². The van der Waals surface area contributed by atoms with E-state index in [4.69, 9.17) is 20.8 Å². The highest BCUT2D eigenvalue weighted by Crippen LogP contribution is 2.31. The van der Waals surface area contributed by atoms with Crippen molar-refractivity contribution >= 4 is 45.7 Å². The van der Waals surface area contributed by atoms with Gasteiger partial charge in [-0.05, 0) is 55.0 Å². The minimum absolute atomic E-state index is 0.118. The van der Waals surface area contributed by atoms with Crippen LogP contribution < -0.4 is 10.2 Å². The van der Waals surface area contributed by atoms with Gasteiger partial charge < -0.3 is 19.4 Å². The van der Waals surface area contributed by atoms with E-state index < -0.39 is 10.8 Å². The van der Waals surface area contributed by atoms with Gasteiger partial charge in [-0.1, -0.05) is 17.7 Å². The van der Waals surface area contributed by atoms with Crippen LogP contribution in [-0.2, 0) is 4.74 Å². The Kier molecular flexibility index (Phi) is 6.10. The van der Waals surface area contributed by atoms with Crippen molar-refractivity contribution < 1.29 is 18.9 Å². The molecule has 1 saturated heterocycles. The van der Waals surface area contributed by atoms with Gasteiger partial charge in [-0.15, -0.1) is 0 Å². The molecule has 10 heteroatoms. The van der Waals surface area contributed by atoms with Crippen molar-refractivity contribution in [1.29, 1.82) is 0 Å². The van der Waals surface area contributed by atoms with E-state index in [0.29, 0.717) is 59.7 Å². The third-order valence-corrected chi connectivity index (χ3v) is 6.26. The number of hydrogen-bond donors (Lipinski definition) is 1. The molecule has 1 aliphatic heterocycles. The molecule has 2 heterocycles. The summed E-state index contributed by atoms with van der Waals surface area (Å²) in [5.41, 5.74) is 3.84. The fourth-order valence-electron chi connectivity index (χ4n) is 3.94. The Morgan fingerprint density at radius 3 is 2.66 bits per heavy atom. The highest BCUT2D eigenvalue weighted by molar-refractivity contribution is 6.31. The summed E-state index contributed by atoms with van der Waals surface area (Å²) in [7, 11) is 0. The van der Waals surface area contributed by atoms with Crippen LogP contribution in [0.5, 0.6) is 0 Å². The van der Waals surface area contributed by atoms with Crippen molar-refractivity contribution in [2.24, 2.45) is 0 Å². The van der Waals surface area contributed by atoms with Crippen LogP contribution in [0.3, 0.4) is 0 Å². The number of oxazole rings is 1. The smallest absolute Gasteiger partial charge is 0.293 e. The molecular formula is C25H21ClN4O5. The van der Waals surface area contributed by atoms with Crippen molar-refractivity contribution in [3.05, 3.63) is 80.9 Å². The Labute approximate surface area is 205 Å². The first-order valence-corrected chi connectivity index (χ1v) is 11.4. The third kappa shape index (κ3) is 4.68. The molecule has 0 aliphatic carbocycles. The highest BCUT2D eigenvalue weighted by atomic mass is 35.5. The number of fused-ring (bicyclic) bond motifs is 1. The van der Waals surface area contributed by atoms with Gasteiger partial charge in [0.05, 0.1) is 18.1 Å². The number of aromatic nitrogens is 1. The van der Waals surface area contributed by atoms with Gasteiger partial charge in [0.1, 0.15) is 11.2 Å². The zero-order chi connectivity index (χ0) is 24.5. The van der Waals surface area contributed by atoms with Crippen molar-refractivity contribution in [3.8, 4) is 11.5 Å². The second kappa shape index (κ2) is 9.36.